The number of halogens is 1. The summed E-state index contributed by atoms with van der Waals surface area (Å²) in [6.45, 7) is 2.30. The zero-order valence-corrected chi connectivity index (χ0v) is 18.9. The van der Waals surface area contributed by atoms with Gasteiger partial charge in [0.2, 0.25) is 11.9 Å². The van der Waals surface area contributed by atoms with Crippen molar-refractivity contribution in [1.82, 2.24) is 19.5 Å². The van der Waals surface area contributed by atoms with Gasteiger partial charge in [-0.05, 0) is 69.2 Å². The minimum absolute atomic E-state index is 0.315. The highest BCUT2D eigenvalue weighted by atomic mass is 35.5. The molecule has 170 valence electrons. The summed E-state index contributed by atoms with van der Waals surface area (Å²) in [7, 11) is 0. The maximum Gasteiger partial charge on any atom is 0.224 e. The number of nitrogens with zero attached hydrogens (tertiary/aromatic N) is 4. The molecular weight excluding hydrogens is 426 g/mol. The molecule has 0 radical (unpaired) electrons. The number of hydrogen-bond acceptors (Lipinski definition) is 7. The van der Waals surface area contributed by atoms with E-state index in [0.717, 1.165) is 81.1 Å². The molecule has 4 N–H and O–H groups in total. The Morgan fingerprint density at radius 2 is 1.91 bits per heavy atom. The molecule has 5 rings (SSSR count). The molecule has 0 spiro atoms. The molecule has 2 aromatic heterocycles. The molecule has 3 aromatic rings. The normalized spacial score (nSPS) is 22.2. The van der Waals surface area contributed by atoms with Crippen LogP contribution in [0.25, 0.3) is 11.2 Å². The second-order valence-corrected chi connectivity index (χ2v) is 9.22. The Kier molecular flexibility index (Phi) is 6.43. The van der Waals surface area contributed by atoms with Crippen molar-refractivity contribution in [3.05, 3.63) is 35.5 Å². The summed E-state index contributed by atoms with van der Waals surface area (Å²) < 4.78 is 7.72. The van der Waals surface area contributed by atoms with E-state index in [-0.39, 0.29) is 0 Å². The van der Waals surface area contributed by atoms with Crippen LogP contribution in [0.15, 0.2) is 30.5 Å². The number of hydrogen-bond donors (Lipinski definition) is 3. The van der Waals surface area contributed by atoms with Gasteiger partial charge in [0.05, 0.1) is 6.20 Å². The second kappa shape index (κ2) is 9.60. The van der Waals surface area contributed by atoms with E-state index < -0.39 is 0 Å². The van der Waals surface area contributed by atoms with Crippen LogP contribution in [0.3, 0.4) is 0 Å². The fraction of sp³-hybridized carbons (Fsp3) is 0.522. The standard InChI is InChI=1S/C23H30ClN7O/c24-16-2-1-3-18(12-16)28-23-29-20-14-26-22(27-17-8-10-32-11-9-17)30-21(20)31(23)19-6-4-15(13-25)5-7-19/h1-3,12,14-15,17,19H,4-11,13,25H2,(H,28,29)(H,26,27,30)/t15-,19+. The van der Waals surface area contributed by atoms with Crippen molar-refractivity contribution < 1.29 is 4.74 Å². The fourth-order valence-corrected chi connectivity index (χ4v) is 4.94. The van der Waals surface area contributed by atoms with Crippen LogP contribution in [0.4, 0.5) is 17.6 Å². The maximum atomic E-state index is 6.21. The largest absolute Gasteiger partial charge is 0.381 e. The van der Waals surface area contributed by atoms with Crippen LogP contribution in [0.2, 0.25) is 5.02 Å². The lowest BCUT2D eigenvalue weighted by Gasteiger charge is -2.30. The summed E-state index contributed by atoms with van der Waals surface area (Å²) in [6.07, 6.45) is 8.10. The Morgan fingerprint density at radius 1 is 1.09 bits per heavy atom. The molecule has 32 heavy (non-hydrogen) atoms. The minimum atomic E-state index is 0.315. The molecule has 1 aliphatic heterocycles. The number of benzene rings is 1. The van der Waals surface area contributed by atoms with Crippen LogP contribution < -0.4 is 16.4 Å². The molecule has 1 aromatic carbocycles. The molecule has 1 saturated carbocycles. The average molecular weight is 456 g/mol. The highest BCUT2D eigenvalue weighted by Gasteiger charge is 2.27. The van der Waals surface area contributed by atoms with Crippen molar-refractivity contribution in [2.45, 2.75) is 50.6 Å². The van der Waals surface area contributed by atoms with Crippen molar-refractivity contribution in [1.29, 1.82) is 0 Å². The third-order valence-electron chi connectivity index (χ3n) is 6.58. The molecule has 1 saturated heterocycles. The fourth-order valence-electron chi connectivity index (χ4n) is 4.75. The molecule has 0 unspecified atom stereocenters. The zero-order chi connectivity index (χ0) is 21.9. The minimum Gasteiger partial charge on any atom is -0.381 e. The highest BCUT2D eigenvalue weighted by molar-refractivity contribution is 6.30. The third-order valence-corrected chi connectivity index (χ3v) is 6.82. The summed E-state index contributed by atoms with van der Waals surface area (Å²) >= 11 is 6.21. The summed E-state index contributed by atoms with van der Waals surface area (Å²) in [5.41, 5.74) is 8.47. The Balaban J connectivity index is 1.49. The summed E-state index contributed by atoms with van der Waals surface area (Å²) in [4.78, 5) is 14.3. The monoisotopic (exact) mass is 455 g/mol. The van der Waals surface area contributed by atoms with Gasteiger partial charge >= 0.3 is 0 Å². The predicted molar refractivity (Wildman–Crippen MR) is 128 cm³/mol. The number of aromatic nitrogens is 4. The van der Waals surface area contributed by atoms with Crippen LogP contribution in [0.1, 0.15) is 44.6 Å². The van der Waals surface area contributed by atoms with Gasteiger partial charge in [-0.1, -0.05) is 17.7 Å². The van der Waals surface area contributed by atoms with E-state index >= 15 is 0 Å². The molecule has 2 fully saturated rings. The van der Waals surface area contributed by atoms with Gasteiger partial charge < -0.3 is 21.1 Å². The van der Waals surface area contributed by atoms with Gasteiger partial charge in [0, 0.05) is 36.0 Å². The van der Waals surface area contributed by atoms with E-state index in [0.29, 0.717) is 29.0 Å². The van der Waals surface area contributed by atoms with E-state index in [1.54, 1.807) is 0 Å². The van der Waals surface area contributed by atoms with Gasteiger partial charge in [-0.25, -0.2) is 9.97 Å². The van der Waals surface area contributed by atoms with Gasteiger partial charge in [0.15, 0.2) is 5.65 Å². The van der Waals surface area contributed by atoms with Gasteiger partial charge in [-0.2, -0.15) is 4.98 Å². The van der Waals surface area contributed by atoms with Crippen LogP contribution >= 0.6 is 11.6 Å². The Bertz CT molecular complexity index is 1060. The Labute approximate surface area is 192 Å². The summed E-state index contributed by atoms with van der Waals surface area (Å²) in [5, 5.41) is 7.64. The lowest BCUT2D eigenvalue weighted by molar-refractivity contribution is 0.0903. The number of fused-ring (bicyclic) bond motifs is 1. The van der Waals surface area contributed by atoms with Crippen LogP contribution in [0, 0.1) is 5.92 Å². The van der Waals surface area contributed by atoms with Crippen LogP contribution in [0.5, 0.6) is 0 Å². The Morgan fingerprint density at radius 3 is 2.66 bits per heavy atom. The first-order valence-electron chi connectivity index (χ1n) is 11.5. The van der Waals surface area contributed by atoms with Crippen molar-refractivity contribution in [3.63, 3.8) is 0 Å². The molecular formula is C23H30ClN7O. The number of ether oxygens (including phenoxy) is 1. The number of imidazole rings is 1. The number of rotatable bonds is 6. The third kappa shape index (κ3) is 4.67. The summed E-state index contributed by atoms with van der Waals surface area (Å²) in [5.74, 6) is 2.03. The van der Waals surface area contributed by atoms with Gasteiger partial charge in [-0.3, -0.25) is 4.57 Å². The molecule has 8 nitrogen and oxygen atoms in total. The summed E-state index contributed by atoms with van der Waals surface area (Å²) in [6, 6.07) is 8.34. The molecule has 1 aliphatic carbocycles. The molecule has 2 aliphatic rings. The van der Waals surface area contributed by atoms with Gasteiger partial charge in [0.1, 0.15) is 5.52 Å². The smallest absolute Gasteiger partial charge is 0.224 e. The van der Waals surface area contributed by atoms with Crippen LogP contribution in [-0.2, 0) is 4.74 Å². The molecule has 3 heterocycles. The average Bonchev–Trinajstić information content (AvgIpc) is 3.17. The molecule has 9 heteroatoms. The second-order valence-electron chi connectivity index (χ2n) is 8.78. The van der Waals surface area contributed by atoms with E-state index in [1.165, 1.54) is 0 Å². The molecule has 0 atom stereocenters. The lowest BCUT2D eigenvalue weighted by Crippen LogP contribution is -2.28. The first-order valence-corrected chi connectivity index (χ1v) is 11.9. The van der Waals surface area contributed by atoms with E-state index in [2.05, 4.69) is 20.2 Å². The first-order chi connectivity index (χ1) is 15.7. The SMILES string of the molecule is NC[C@H]1CC[C@@H](n2c(Nc3cccc(Cl)c3)nc3cnc(NC4CCOCC4)nc32)CC1. The number of nitrogens with two attached hydrogens (primary N) is 1. The predicted octanol–water partition coefficient (Wildman–Crippen LogP) is 4.50. The van der Waals surface area contributed by atoms with Crippen molar-refractivity contribution in [2.24, 2.45) is 11.7 Å². The van der Waals surface area contributed by atoms with Gasteiger partial charge in [0.25, 0.3) is 0 Å². The highest BCUT2D eigenvalue weighted by Crippen LogP contribution is 2.37. The van der Waals surface area contributed by atoms with Gasteiger partial charge in [-0.15, -0.1) is 0 Å². The van der Waals surface area contributed by atoms with E-state index in [4.69, 9.17) is 32.0 Å². The van der Waals surface area contributed by atoms with Crippen molar-refractivity contribution >= 4 is 40.3 Å². The quantitative estimate of drug-likeness (QED) is 0.502. The Hall–Kier alpha value is -2.42. The molecule has 0 bridgehead atoms. The molecule has 0 amide bonds. The topological polar surface area (TPSA) is 103 Å². The maximum absolute atomic E-state index is 6.21. The van der Waals surface area contributed by atoms with E-state index in [1.807, 2.05) is 30.5 Å². The number of anilines is 3. The number of nitrogens with one attached hydrogen (secondary N) is 2. The van der Waals surface area contributed by atoms with Crippen LogP contribution in [-0.4, -0.2) is 45.3 Å². The first kappa shape index (κ1) is 21.4. The zero-order valence-electron chi connectivity index (χ0n) is 18.1. The van der Waals surface area contributed by atoms with Crippen molar-refractivity contribution in [3.8, 4) is 0 Å². The van der Waals surface area contributed by atoms with E-state index in [9.17, 15) is 0 Å². The van der Waals surface area contributed by atoms with Crippen molar-refractivity contribution in [2.75, 3.05) is 30.4 Å². The lowest BCUT2D eigenvalue weighted by atomic mass is 9.86.